The monoisotopic (exact) mass is 322 g/mol. The van der Waals surface area contributed by atoms with Gasteiger partial charge in [0.1, 0.15) is 0 Å². The lowest BCUT2D eigenvalue weighted by Crippen LogP contribution is -2.35. The minimum Gasteiger partial charge on any atom is -0.306 e. The number of carbonyl (C=O) groups excluding carboxylic acids is 2. The first-order valence-electron chi connectivity index (χ1n) is 6.15. The highest BCUT2D eigenvalue weighted by Gasteiger charge is 2.11. The first-order valence-corrected chi connectivity index (χ1v) is 6.90. The zero-order chi connectivity index (χ0) is 15.2. The molecule has 0 radical (unpaired) electrons. The number of anilines is 1. The molecule has 2 N–H and O–H groups in total. The SMILES string of the molecule is O=C(Cc1ccccc1)NC(=O)Nc1cccc(Cl)c1Cl. The summed E-state index contributed by atoms with van der Waals surface area (Å²) in [5, 5.41) is 5.26. The third-order valence-electron chi connectivity index (χ3n) is 2.66. The van der Waals surface area contributed by atoms with Gasteiger partial charge in [-0.25, -0.2) is 4.79 Å². The van der Waals surface area contributed by atoms with Gasteiger partial charge in [0.05, 0.1) is 22.2 Å². The molecule has 2 rings (SSSR count). The molecule has 0 bridgehead atoms. The molecule has 3 amide bonds. The second kappa shape index (κ2) is 7.11. The molecule has 0 saturated carbocycles. The molecule has 2 aromatic rings. The van der Waals surface area contributed by atoms with E-state index >= 15 is 0 Å². The standard InChI is InChI=1S/C15H12Cl2N2O2/c16-11-7-4-8-12(14(11)17)18-15(21)19-13(20)9-10-5-2-1-3-6-10/h1-8H,9H2,(H2,18,19,20,21). The van der Waals surface area contributed by atoms with Gasteiger partial charge < -0.3 is 5.32 Å². The predicted molar refractivity (Wildman–Crippen MR) is 83.8 cm³/mol. The Hall–Kier alpha value is -2.04. The smallest absolute Gasteiger partial charge is 0.306 e. The van der Waals surface area contributed by atoms with Gasteiger partial charge in [-0.15, -0.1) is 0 Å². The molecule has 0 aliphatic rings. The van der Waals surface area contributed by atoms with Crippen LogP contribution in [0, 0.1) is 0 Å². The summed E-state index contributed by atoms with van der Waals surface area (Å²) in [4.78, 5) is 23.5. The van der Waals surface area contributed by atoms with Gasteiger partial charge in [-0.3, -0.25) is 10.1 Å². The van der Waals surface area contributed by atoms with Gasteiger partial charge in [0.15, 0.2) is 0 Å². The number of carbonyl (C=O) groups is 2. The minimum absolute atomic E-state index is 0.123. The lowest BCUT2D eigenvalue weighted by molar-refractivity contribution is -0.119. The molecule has 0 spiro atoms. The molecule has 0 unspecified atom stereocenters. The average molecular weight is 323 g/mol. The summed E-state index contributed by atoms with van der Waals surface area (Å²) < 4.78 is 0. The Morgan fingerprint density at radius 1 is 0.952 bits per heavy atom. The second-order valence-electron chi connectivity index (χ2n) is 4.27. The molecule has 108 valence electrons. The quantitative estimate of drug-likeness (QED) is 0.900. The molecule has 0 aliphatic heterocycles. The van der Waals surface area contributed by atoms with Crippen LogP contribution in [-0.4, -0.2) is 11.9 Å². The van der Waals surface area contributed by atoms with Crippen molar-refractivity contribution < 1.29 is 9.59 Å². The fraction of sp³-hybridized carbons (Fsp3) is 0.0667. The molecule has 4 nitrogen and oxygen atoms in total. The molecule has 0 saturated heterocycles. The van der Waals surface area contributed by atoms with Crippen molar-refractivity contribution in [1.82, 2.24) is 5.32 Å². The van der Waals surface area contributed by atoms with E-state index in [0.29, 0.717) is 10.7 Å². The lowest BCUT2D eigenvalue weighted by atomic mass is 10.1. The van der Waals surface area contributed by atoms with E-state index in [1.807, 2.05) is 30.3 Å². The van der Waals surface area contributed by atoms with E-state index in [1.165, 1.54) is 0 Å². The third-order valence-corrected chi connectivity index (χ3v) is 3.48. The Balaban J connectivity index is 1.92. The van der Waals surface area contributed by atoms with Crippen LogP contribution in [0.5, 0.6) is 0 Å². The molecule has 21 heavy (non-hydrogen) atoms. The van der Waals surface area contributed by atoms with Gasteiger partial charge in [0.25, 0.3) is 0 Å². The van der Waals surface area contributed by atoms with Crippen LogP contribution < -0.4 is 10.6 Å². The number of rotatable bonds is 3. The first-order chi connectivity index (χ1) is 10.1. The fourth-order valence-electron chi connectivity index (χ4n) is 1.71. The Morgan fingerprint density at radius 3 is 2.38 bits per heavy atom. The van der Waals surface area contributed by atoms with Crippen LogP contribution in [-0.2, 0) is 11.2 Å². The maximum absolute atomic E-state index is 11.7. The van der Waals surface area contributed by atoms with Crippen LogP contribution >= 0.6 is 23.2 Å². The highest BCUT2D eigenvalue weighted by Crippen LogP contribution is 2.29. The van der Waals surface area contributed by atoms with Crippen LogP contribution in [0.1, 0.15) is 5.56 Å². The van der Waals surface area contributed by atoms with Crippen molar-refractivity contribution in [3.63, 3.8) is 0 Å². The Morgan fingerprint density at radius 2 is 1.67 bits per heavy atom. The summed E-state index contributed by atoms with van der Waals surface area (Å²) >= 11 is 11.8. The summed E-state index contributed by atoms with van der Waals surface area (Å²) in [6, 6.07) is 13.3. The molecular weight excluding hydrogens is 311 g/mol. The molecular formula is C15H12Cl2N2O2. The van der Waals surface area contributed by atoms with Crippen LogP contribution in [0.25, 0.3) is 0 Å². The molecule has 2 aromatic carbocycles. The number of imide groups is 1. The lowest BCUT2D eigenvalue weighted by Gasteiger charge is -2.09. The van der Waals surface area contributed by atoms with E-state index in [1.54, 1.807) is 18.2 Å². The first kappa shape index (κ1) is 15.4. The topological polar surface area (TPSA) is 58.2 Å². The maximum Gasteiger partial charge on any atom is 0.325 e. The van der Waals surface area contributed by atoms with Crippen molar-refractivity contribution in [2.45, 2.75) is 6.42 Å². The van der Waals surface area contributed by atoms with E-state index in [0.717, 1.165) is 5.56 Å². The normalized spacial score (nSPS) is 10.0. The second-order valence-corrected chi connectivity index (χ2v) is 5.05. The number of urea groups is 1. The predicted octanol–water partition coefficient (Wildman–Crippen LogP) is 3.88. The van der Waals surface area contributed by atoms with Crippen molar-refractivity contribution in [2.75, 3.05) is 5.32 Å². The van der Waals surface area contributed by atoms with Crippen molar-refractivity contribution in [2.24, 2.45) is 0 Å². The zero-order valence-corrected chi connectivity index (χ0v) is 12.4. The van der Waals surface area contributed by atoms with Gasteiger partial charge in [0.2, 0.25) is 5.91 Å². The molecule has 0 fully saturated rings. The van der Waals surface area contributed by atoms with Crippen LogP contribution in [0.15, 0.2) is 48.5 Å². The van der Waals surface area contributed by atoms with Crippen molar-refractivity contribution >= 4 is 40.8 Å². The fourth-order valence-corrected chi connectivity index (χ4v) is 2.05. The van der Waals surface area contributed by atoms with Gasteiger partial charge in [-0.05, 0) is 17.7 Å². The number of benzene rings is 2. The summed E-state index contributed by atoms with van der Waals surface area (Å²) in [7, 11) is 0. The highest BCUT2D eigenvalue weighted by atomic mass is 35.5. The van der Waals surface area contributed by atoms with E-state index in [-0.39, 0.29) is 11.4 Å². The molecule has 0 aromatic heterocycles. The average Bonchev–Trinajstić information content (AvgIpc) is 2.44. The van der Waals surface area contributed by atoms with Crippen molar-refractivity contribution in [3.05, 3.63) is 64.1 Å². The van der Waals surface area contributed by atoms with E-state index in [4.69, 9.17) is 23.2 Å². The van der Waals surface area contributed by atoms with Crippen LogP contribution in [0.4, 0.5) is 10.5 Å². The molecule has 0 heterocycles. The number of nitrogens with one attached hydrogen (secondary N) is 2. The Kier molecular flexibility index (Phi) is 5.20. The van der Waals surface area contributed by atoms with E-state index < -0.39 is 11.9 Å². The Labute approximate surface area is 132 Å². The zero-order valence-electron chi connectivity index (χ0n) is 10.9. The van der Waals surface area contributed by atoms with Crippen LogP contribution in [0.3, 0.4) is 0 Å². The molecule has 0 aliphatic carbocycles. The van der Waals surface area contributed by atoms with Gasteiger partial charge >= 0.3 is 6.03 Å². The summed E-state index contributed by atoms with van der Waals surface area (Å²) in [6.45, 7) is 0. The Bertz CT molecular complexity index is 660. The number of hydrogen-bond acceptors (Lipinski definition) is 2. The number of hydrogen-bond donors (Lipinski definition) is 2. The summed E-state index contributed by atoms with van der Waals surface area (Å²) in [5.74, 6) is -0.406. The van der Waals surface area contributed by atoms with E-state index in [2.05, 4.69) is 10.6 Å². The van der Waals surface area contributed by atoms with Crippen molar-refractivity contribution in [1.29, 1.82) is 0 Å². The van der Waals surface area contributed by atoms with Gasteiger partial charge in [0, 0.05) is 0 Å². The summed E-state index contributed by atoms with van der Waals surface area (Å²) in [6.07, 6.45) is 0.123. The van der Waals surface area contributed by atoms with Crippen LogP contribution in [0.2, 0.25) is 10.0 Å². The molecule has 6 heteroatoms. The van der Waals surface area contributed by atoms with Gasteiger partial charge in [-0.2, -0.15) is 0 Å². The largest absolute Gasteiger partial charge is 0.325 e. The van der Waals surface area contributed by atoms with Gasteiger partial charge in [-0.1, -0.05) is 59.6 Å². The van der Waals surface area contributed by atoms with Crippen molar-refractivity contribution in [3.8, 4) is 0 Å². The molecule has 0 atom stereocenters. The number of amides is 3. The summed E-state index contributed by atoms with van der Waals surface area (Å²) in [5.41, 5.74) is 1.16. The minimum atomic E-state index is -0.653. The maximum atomic E-state index is 11.7. The van der Waals surface area contributed by atoms with E-state index in [9.17, 15) is 9.59 Å². The third kappa shape index (κ3) is 4.48. The number of halogens is 2. The highest BCUT2D eigenvalue weighted by molar-refractivity contribution is 6.44.